The molecule has 3 aromatic rings. The topological polar surface area (TPSA) is 73.9 Å². The van der Waals surface area contributed by atoms with Crippen LogP contribution in [0.25, 0.3) is 0 Å². The van der Waals surface area contributed by atoms with Crippen LogP contribution in [0.5, 0.6) is 0 Å². The summed E-state index contributed by atoms with van der Waals surface area (Å²) < 4.78 is 0. The highest BCUT2D eigenvalue weighted by Crippen LogP contribution is 2.29. The fraction of sp³-hybridized carbons (Fsp3) is 0.409. The Bertz CT molecular complexity index is 991. The van der Waals surface area contributed by atoms with Gasteiger partial charge in [-0.1, -0.05) is 13.0 Å². The molecular weight excluding hydrogens is 382 g/mol. The molecule has 0 aromatic carbocycles. The van der Waals surface area contributed by atoms with E-state index in [4.69, 9.17) is 0 Å². The minimum atomic E-state index is -0.149. The molecule has 0 saturated carbocycles. The number of fused-ring (bicyclic) bond motifs is 1. The summed E-state index contributed by atoms with van der Waals surface area (Å²) in [6, 6.07) is 4.14. The molecular formula is C22H27N5OS. The molecule has 0 fully saturated rings. The standard InChI is InChI=1S/C22H27N5OS/c1-4-16-5-6-17(23-10-16)11-27-8-7-18-19(13-29-20(18)12-27)22(28)26-15(3)21-24-9-14(2)25-21/h5-6,9-10,13,15H,4,7-8,11-12H2,1-3H3,(H,24,25)(H,26,28). The smallest absolute Gasteiger partial charge is 0.252 e. The number of hydrogen-bond donors (Lipinski definition) is 2. The Morgan fingerprint density at radius 2 is 2.21 bits per heavy atom. The van der Waals surface area contributed by atoms with E-state index < -0.39 is 0 Å². The molecule has 0 bridgehead atoms. The summed E-state index contributed by atoms with van der Waals surface area (Å²) in [5.74, 6) is 0.766. The number of aromatic amines is 1. The van der Waals surface area contributed by atoms with Crippen molar-refractivity contribution in [2.75, 3.05) is 6.54 Å². The molecule has 1 atom stereocenters. The van der Waals surface area contributed by atoms with Gasteiger partial charge in [-0.25, -0.2) is 4.98 Å². The summed E-state index contributed by atoms with van der Waals surface area (Å²) >= 11 is 1.68. The molecule has 1 aliphatic rings. The number of nitrogens with zero attached hydrogens (tertiary/aromatic N) is 3. The molecule has 1 unspecified atom stereocenters. The van der Waals surface area contributed by atoms with Crippen molar-refractivity contribution >= 4 is 17.2 Å². The zero-order valence-electron chi connectivity index (χ0n) is 17.2. The van der Waals surface area contributed by atoms with Crippen LogP contribution in [0.3, 0.4) is 0 Å². The number of aryl methyl sites for hydroxylation is 2. The van der Waals surface area contributed by atoms with Crippen LogP contribution < -0.4 is 5.32 Å². The number of pyridine rings is 1. The minimum absolute atomic E-state index is 0.0191. The van der Waals surface area contributed by atoms with Crippen molar-refractivity contribution in [3.63, 3.8) is 0 Å². The van der Waals surface area contributed by atoms with Crippen LogP contribution in [-0.2, 0) is 25.9 Å². The Morgan fingerprint density at radius 1 is 1.34 bits per heavy atom. The van der Waals surface area contributed by atoms with Gasteiger partial charge in [0.1, 0.15) is 5.82 Å². The first-order valence-corrected chi connectivity index (χ1v) is 11.0. The van der Waals surface area contributed by atoms with Crippen molar-refractivity contribution in [2.24, 2.45) is 0 Å². The third-order valence-corrected chi connectivity index (χ3v) is 6.44. The fourth-order valence-electron chi connectivity index (χ4n) is 3.69. The van der Waals surface area contributed by atoms with Gasteiger partial charge < -0.3 is 10.3 Å². The molecule has 7 heteroatoms. The quantitative estimate of drug-likeness (QED) is 0.650. The molecule has 0 radical (unpaired) electrons. The molecule has 3 aromatic heterocycles. The number of amides is 1. The number of thiophene rings is 1. The maximum atomic E-state index is 12.8. The van der Waals surface area contributed by atoms with Gasteiger partial charge in [-0.15, -0.1) is 11.3 Å². The number of carbonyl (C=O) groups is 1. The minimum Gasteiger partial charge on any atom is -0.344 e. The van der Waals surface area contributed by atoms with Crippen LogP contribution in [-0.4, -0.2) is 32.3 Å². The molecule has 0 aliphatic carbocycles. The highest BCUT2D eigenvalue weighted by atomic mass is 32.1. The number of aromatic nitrogens is 3. The second kappa shape index (κ2) is 8.47. The Kier molecular flexibility index (Phi) is 5.78. The molecule has 0 spiro atoms. The lowest BCUT2D eigenvalue weighted by Crippen LogP contribution is -2.32. The van der Waals surface area contributed by atoms with Crippen molar-refractivity contribution in [2.45, 2.75) is 52.7 Å². The first kappa shape index (κ1) is 19.8. The Hall–Kier alpha value is -2.51. The Labute approximate surface area is 175 Å². The van der Waals surface area contributed by atoms with Crippen LogP contribution in [0.4, 0.5) is 0 Å². The van der Waals surface area contributed by atoms with E-state index in [1.54, 1.807) is 17.5 Å². The van der Waals surface area contributed by atoms with E-state index in [1.165, 1.54) is 16.0 Å². The maximum absolute atomic E-state index is 12.8. The summed E-state index contributed by atoms with van der Waals surface area (Å²) in [4.78, 5) is 28.6. The van der Waals surface area contributed by atoms with Gasteiger partial charge in [0.2, 0.25) is 0 Å². The van der Waals surface area contributed by atoms with Gasteiger partial charge in [0, 0.05) is 48.0 Å². The zero-order chi connectivity index (χ0) is 20.4. The van der Waals surface area contributed by atoms with Crippen LogP contribution in [0.15, 0.2) is 29.9 Å². The van der Waals surface area contributed by atoms with Gasteiger partial charge in [-0.3, -0.25) is 14.7 Å². The number of nitrogens with one attached hydrogen (secondary N) is 2. The average molecular weight is 410 g/mol. The van der Waals surface area contributed by atoms with Crippen molar-refractivity contribution in [3.05, 3.63) is 68.7 Å². The molecule has 4 heterocycles. The van der Waals surface area contributed by atoms with E-state index in [-0.39, 0.29) is 11.9 Å². The predicted octanol–water partition coefficient (Wildman–Crippen LogP) is 3.79. The number of hydrogen-bond acceptors (Lipinski definition) is 5. The normalized spacial score (nSPS) is 15.1. The van der Waals surface area contributed by atoms with Crippen molar-refractivity contribution in [1.29, 1.82) is 0 Å². The first-order valence-electron chi connectivity index (χ1n) is 10.1. The molecule has 152 valence electrons. The van der Waals surface area contributed by atoms with Crippen LogP contribution >= 0.6 is 11.3 Å². The number of rotatable bonds is 6. The molecule has 6 nitrogen and oxygen atoms in total. The van der Waals surface area contributed by atoms with Gasteiger partial charge in [-0.05, 0) is 43.9 Å². The Morgan fingerprint density at radius 3 is 2.90 bits per heavy atom. The molecule has 1 amide bonds. The van der Waals surface area contributed by atoms with E-state index in [1.807, 2.05) is 25.4 Å². The number of imidazole rings is 1. The van der Waals surface area contributed by atoms with Gasteiger partial charge in [0.05, 0.1) is 17.3 Å². The summed E-state index contributed by atoms with van der Waals surface area (Å²) in [5.41, 5.74) is 5.37. The van der Waals surface area contributed by atoms with Gasteiger partial charge in [-0.2, -0.15) is 0 Å². The summed E-state index contributed by atoms with van der Waals surface area (Å²) in [6.45, 7) is 8.71. The third-order valence-electron chi connectivity index (χ3n) is 5.43. The van der Waals surface area contributed by atoms with Crippen molar-refractivity contribution in [3.8, 4) is 0 Å². The van der Waals surface area contributed by atoms with Crippen LogP contribution in [0.2, 0.25) is 0 Å². The second-order valence-corrected chi connectivity index (χ2v) is 8.63. The lowest BCUT2D eigenvalue weighted by atomic mass is 10.0. The predicted molar refractivity (Wildman–Crippen MR) is 115 cm³/mol. The highest BCUT2D eigenvalue weighted by Gasteiger charge is 2.25. The second-order valence-electron chi connectivity index (χ2n) is 7.67. The number of H-pyrrole nitrogens is 1. The SMILES string of the molecule is CCc1ccc(CN2CCc3c(C(=O)NC(C)c4ncc(C)[nH]4)csc3C2)nc1. The van der Waals surface area contributed by atoms with Gasteiger partial charge in [0.15, 0.2) is 0 Å². The molecule has 0 saturated heterocycles. The maximum Gasteiger partial charge on any atom is 0.252 e. The van der Waals surface area contributed by atoms with Gasteiger partial charge >= 0.3 is 0 Å². The van der Waals surface area contributed by atoms with Gasteiger partial charge in [0.25, 0.3) is 5.91 Å². The molecule has 1 aliphatic heterocycles. The monoisotopic (exact) mass is 409 g/mol. The first-order chi connectivity index (χ1) is 14.0. The van der Waals surface area contributed by atoms with E-state index >= 15 is 0 Å². The highest BCUT2D eigenvalue weighted by molar-refractivity contribution is 7.10. The fourth-order valence-corrected chi connectivity index (χ4v) is 4.81. The molecule has 4 rings (SSSR count). The number of carbonyl (C=O) groups excluding carboxylic acids is 1. The lowest BCUT2D eigenvalue weighted by molar-refractivity contribution is 0.0937. The van der Waals surface area contributed by atoms with Crippen molar-refractivity contribution < 1.29 is 4.79 Å². The summed E-state index contributed by atoms with van der Waals surface area (Å²) in [5, 5.41) is 5.07. The summed E-state index contributed by atoms with van der Waals surface area (Å²) in [6.07, 6.45) is 5.66. The zero-order valence-corrected chi connectivity index (χ0v) is 18.0. The Balaban J connectivity index is 1.40. The largest absolute Gasteiger partial charge is 0.344 e. The van der Waals surface area contributed by atoms with Crippen LogP contribution in [0, 0.1) is 6.92 Å². The van der Waals surface area contributed by atoms with Crippen LogP contribution in [0.1, 0.15) is 63.5 Å². The van der Waals surface area contributed by atoms with E-state index in [9.17, 15) is 4.79 Å². The average Bonchev–Trinajstić information content (AvgIpc) is 3.34. The molecule has 29 heavy (non-hydrogen) atoms. The third kappa shape index (κ3) is 4.41. The summed E-state index contributed by atoms with van der Waals surface area (Å²) in [7, 11) is 0. The van der Waals surface area contributed by atoms with E-state index in [2.05, 4.69) is 44.2 Å². The van der Waals surface area contributed by atoms with E-state index in [0.29, 0.717) is 0 Å². The van der Waals surface area contributed by atoms with Crippen molar-refractivity contribution in [1.82, 2.24) is 25.2 Å². The van der Waals surface area contributed by atoms with E-state index in [0.717, 1.165) is 55.3 Å². The lowest BCUT2D eigenvalue weighted by Gasteiger charge is -2.27. The molecule has 2 N–H and O–H groups in total.